The summed E-state index contributed by atoms with van der Waals surface area (Å²) in [5.41, 5.74) is 1.04. The highest BCUT2D eigenvalue weighted by Gasteiger charge is 2.57. The molecule has 1 aliphatic carbocycles. The highest BCUT2D eigenvalue weighted by atomic mass is 19.1. The SMILES string of the molecule is CN(C)C1[C@H]2CN(c3ncnc4c3cnn4-c3ccccc3F)C[C@@H]12. The van der Waals surface area contributed by atoms with E-state index in [2.05, 4.69) is 39.0 Å². The van der Waals surface area contributed by atoms with Gasteiger partial charge in [0.2, 0.25) is 0 Å². The molecule has 0 amide bonds. The molecule has 2 aromatic heterocycles. The second kappa shape index (κ2) is 5.23. The highest BCUT2D eigenvalue weighted by Crippen LogP contribution is 2.49. The second-order valence-electron chi connectivity index (χ2n) is 7.13. The molecular formula is C18H19FN6. The van der Waals surface area contributed by atoms with Crippen molar-refractivity contribution in [2.24, 2.45) is 11.8 Å². The fourth-order valence-electron chi connectivity index (χ4n) is 4.32. The number of hydrogen-bond acceptors (Lipinski definition) is 5. The van der Waals surface area contributed by atoms with Gasteiger partial charge in [-0.2, -0.15) is 5.10 Å². The molecule has 2 aliphatic rings. The quantitative estimate of drug-likeness (QED) is 0.731. The molecule has 128 valence electrons. The van der Waals surface area contributed by atoms with E-state index in [1.54, 1.807) is 35.4 Å². The van der Waals surface area contributed by atoms with Crippen molar-refractivity contribution in [2.75, 3.05) is 32.1 Å². The molecule has 0 spiro atoms. The van der Waals surface area contributed by atoms with Crippen LogP contribution in [0.2, 0.25) is 0 Å². The van der Waals surface area contributed by atoms with Crippen molar-refractivity contribution in [3.05, 3.63) is 42.6 Å². The first-order valence-corrected chi connectivity index (χ1v) is 8.50. The van der Waals surface area contributed by atoms with Gasteiger partial charge in [-0.05, 0) is 38.1 Å². The first kappa shape index (κ1) is 14.8. The van der Waals surface area contributed by atoms with E-state index in [-0.39, 0.29) is 5.82 Å². The largest absolute Gasteiger partial charge is 0.355 e. The Kier molecular flexibility index (Phi) is 3.09. The number of anilines is 1. The maximum Gasteiger partial charge on any atom is 0.168 e. The predicted molar refractivity (Wildman–Crippen MR) is 93.3 cm³/mol. The molecule has 1 unspecified atom stereocenters. The van der Waals surface area contributed by atoms with Crippen LogP contribution in [0.25, 0.3) is 16.7 Å². The second-order valence-corrected chi connectivity index (χ2v) is 7.13. The lowest BCUT2D eigenvalue weighted by Crippen LogP contribution is -2.31. The monoisotopic (exact) mass is 338 g/mol. The molecule has 0 radical (unpaired) electrons. The Morgan fingerprint density at radius 1 is 1.12 bits per heavy atom. The minimum atomic E-state index is -0.316. The molecular weight excluding hydrogens is 319 g/mol. The van der Waals surface area contributed by atoms with Crippen LogP contribution in [0.15, 0.2) is 36.8 Å². The third-order valence-electron chi connectivity index (χ3n) is 5.47. The Labute approximate surface area is 144 Å². The van der Waals surface area contributed by atoms with Gasteiger partial charge in [0, 0.05) is 19.1 Å². The molecule has 25 heavy (non-hydrogen) atoms. The molecule has 1 saturated carbocycles. The molecule has 3 aromatic rings. The summed E-state index contributed by atoms with van der Waals surface area (Å²) in [5, 5.41) is 5.24. The maximum atomic E-state index is 14.1. The molecule has 7 heteroatoms. The Hall–Kier alpha value is -2.54. The van der Waals surface area contributed by atoms with Gasteiger partial charge in [0.15, 0.2) is 5.65 Å². The molecule has 1 saturated heterocycles. The minimum Gasteiger partial charge on any atom is -0.355 e. The standard InChI is InChI=1S/C18H19FN6/c1-23(2)16-12-8-24(9-13(12)16)17-11-7-22-25(18(11)21-10-20-17)15-6-4-3-5-14(15)19/h3-7,10,12-13,16H,8-9H2,1-2H3/t12-,13+,16?. The number of rotatable bonds is 3. The number of piperidine rings is 1. The molecule has 5 rings (SSSR count). The molecule has 6 nitrogen and oxygen atoms in total. The summed E-state index contributed by atoms with van der Waals surface area (Å²) in [6, 6.07) is 7.29. The van der Waals surface area contributed by atoms with Crippen molar-refractivity contribution in [1.82, 2.24) is 24.6 Å². The molecule has 1 aliphatic heterocycles. The van der Waals surface area contributed by atoms with E-state index >= 15 is 0 Å². The molecule has 0 N–H and O–H groups in total. The Balaban J connectivity index is 1.52. The average Bonchev–Trinajstić information content (AvgIpc) is 2.96. The van der Waals surface area contributed by atoms with E-state index in [0.717, 1.165) is 24.3 Å². The van der Waals surface area contributed by atoms with E-state index in [9.17, 15) is 4.39 Å². The Bertz CT molecular complexity index is 940. The fraction of sp³-hybridized carbons (Fsp3) is 0.389. The van der Waals surface area contributed by atoms with Gasteiger partial charge in [-0.25, -0.2) is 19.0 Å². The van der Waals surface area contributed by atoms with Gasteiger partial charge in [0.25, 0.3) is 0 Å². The van der Waals surface area contributed by atoms with E-state index in [4.69, 9.17) is 0 Å². The zero-order valence-corrected chi connectivity index (χ0v) is 14.2. The van der Waals surface area contributed by atoms with Crippen LogP contribution in [0.4, 0.5) is 10.2 Å². The van der Waals surface area contributed by atoms with Crippen LogP contribution >= 0.6 is 0 Å². The van der Waals surface area contributed by atoms with Crippen molar-refractivity contribution >= 4 is 16.9 Å². The van der Waals surface area contributed by atoms with Gasteiger partial charge in [-0.3, -0.25) is 0 Å². The summed E-state index contributed by atoms with van der Waals surface area (Å²) >= 11 is 0. The Morgan fingerprint density at radius 2 is 1.88 bits per heavy atom. The van der Waals surface area contributed by atoms with Crippen LogP contribution in [0.5, 0.6) is 0 Å². The molecule has 0 bridgehead atoms. The number of hydrogen-bond donors (Lipinski definition) is 0. The number of fused-ring (bicyclic) bond motifs is 2. The minimum absolute atomic E-state index is 0.316. The lowest BCUT2D eigenvalue weighted by molar-refractivity contribution is 0.356. The molecule has 1 aromatic carbocycles. The normalized spacial score (nSPS) is 25.0. The van der Waals surface area contributed by atoms with Crippen LogP contribution in [-0.4, -0.2) is 57.9 Å². The summed E-state index contributed by atoms with van der Waals surface area (Å²) in [5.74, 6) is 2.00. The molecule has 3 heterocycles. The van der Waals surface area contributed by atoms with E-state index < -0.39 is 0 Å². The maximum absolute atomic E-state index is 14.1. The van der Waals surface area contributed by atoms with E-state index in [1.807, 2.05) is 0 Å². The molecule has 3 atom stereocenters. The van der Waals surface area contributed by atoms with Gasteiger partial charge >= 0.3 is 0 Å². The van der Waals surface area contributed by atoms with E-state index in [1.165, 1.54) is 6.07 Å². The average molecular weight is 338 g/mol. The number of halogens is 1. The lowest BCUT2D eigenvalue weighted by atomic mass is 10.3. The number of benzene rings is 1. The topological polar surface area (TPSA) is 50.1 Å². The summed E-state index contributed by atoms with van der Waals surface area (Å²) in [7, 11) is 4.29. The fourth-order valence-corrected chi connectivity index (χ4v) is 4.32. The van der Waals surface area contributed by atoms with Crippen molar-refractivity contribution < 1.29 is 4.39 Å². The summed E-state index contributed by atoms with van der Waals surface area (Å²) in [6.45, 7) is 2.01. The molecule has 2 fully saturated rings. The van der Waals surface area contributed by atoms with Gasteiger partial charge in [0.05, 0.1) is 11.6 Å². The summed E-state index contributed by atoms with van der Waals surface area (Å²) in [4.78, 5) is 13.5. The van der Waals surface area contributed by atoms with Crippen LogP contribution in [-0.2, 0) is 0 Å². The van der Waals surface area contributed by atoms with Gasteiger partial charge in [-0.15, -0.1) is 0 Å². The van der Waals surface area contributed by atoms with Crippen LogP contribution < -0.4 is 4.90 Å². The third-order valence-corrected chi connectivity index (χ3v) is 5.47. The van der Waals surface area contributed by atoms with Crippen LogP contribution in [0.1, 0.15) is 0 Å². The third kappa shape index (κ3) is 2.15. The van der Waals surface area contributed by atoms with Crippen molar-refractivity contribution in [3.8, 4) is 5.69 Å². The van der Waals surface area contributed by atoms with Crippen molar-refractivity contribution in [3.63, 3.8) is 0 Å². The lowest BCUT2D eigenvalue weighted by Gasteiger charge is -2.23. The van der Waals surface area contributed by atoms with Crippen LogP contribution in [0, 0.1) is 17.7 Å². The Morgan fingerprint density at radius 3 is 2.60 bits per heavy atom. The zero-order valence-electron chi connectivity index (χ0n) is 14.2. The predicted octanol–water partition coefficient (Wildman–Crippen LogP) is 1.95. The zero-order chi connectivity index (χ0) is 17.1. The smallest absolute Gasteiger partial charge is 0.168 e. The summed E-state index contributed by atoms with van der Waals surface area (Å²) < 4.78 is 15.7. The van der Waals surface area contributed by atoms with Gasteiger partial charge in [-0.1, -0.05) is 12.1 Å². The van der Waals surface area contributed by atoms with Crippen molar-refractivity contribution in [2.45, 2.75) is 6.04 Å². The van der Waals surface area contributed by atoms with Crippen LogP contribution in [0.3, 0.4) is 0 Å². The number of nitrogens with zero attached hydrogens (tertiary/aromatic N) is 6. The summed E-state index contributed by atoms with van der Waals surface area (Å²) in [6.07, 6.45) is 3.29. The van der Waals surface area contributed by atoms with Gasteiger partial charge < -0.3 is 9.80 Å². The first-order valence-electron chi connectivity index (χ1n) is 8.50. The first-order chi connectivity index (χ1) is 12.1. The van der Waals surface area contributed by atoms with Gasteiger partial charge in [0.1, 0.15) is 23.6 Å². The number of aromatic nitrogens is 4. The highest BCUT2D eigenvalue weighted by molar-refractivity contribution is 5.88. The van der Waals surface area contributed by atoms with E-state index in [0.29, 0.717) is 29.2 Å². The number of para-hydroxylation sites is 1. The van der Waals surface area contributed by atoms with Crippen molar-refractivity contribution in [1.29, 1.82) is 0 Å².